The molecule has 26 heavy (non-hydrogen) atoms. The molecular weight excluding hydrogens is 342 g/mol. The van der Waals surface area contributed by atoms with Crippen LogP contribution in [-0.4, -0.2) is 61.5 Å². The Balaban J connectivity index is 1.58. The van der Waals surface area contributed by atoms with E-state index < -0.39 is 0 Å². The number of amides is 1. The van der Waals surface area contributed by atoms with Crippen LogP contribution in [0.15, 0.2) is 41.2 Å². The number of carbonyl (C=O) groups excluding carboxylic acids is 1. The topological polar surface area (TPSA) is 26.8 Å². The lowest BCUT2D eigenvalue weighted by Gasteiger charge is -2.37. The molecule has 0 saturated carbocycles. The highest BCUT2D eigenvalue weighted by Crippen LogP contribution is 2.30. The van der Waals surface area contributed by atoms with Crippen LogP contribution < -0.4 is 4.90 Å². The van der Waals surface area contributed by atoms with Gasteiger partial charge in [-0.1, -0.05) is 32.1 Å². The summed E-state index contributed by atoms with van der Waals surface area (Å²) in [6.45, 7) is 10.0. The first-order valence-corrected chi connectivity index (χ1v) is 10.5. The van der Waals surface area contributed by atoms with Crippen molar-refractivity contribution in [2.75, 3.05) is 50.7 Å². The van der Waals surface area contributed by atoms with Crippen LogP contribution in [-0.2, 0) is 4.79 Å². The van der Waals surface area contributed by atoms with Gasteiger partial charge in [-0.3, -0.25) is 9.69 Å². The van der Waals surface area contributed by atoms with E-state index in [9.17, 15) is 4.79 Å². The second-order valence-corrected chi connectivity index (χ2v) is 7.51. The first-order valence-electron chi connectivity index (χ1n) is 9.56. The molecule has 2 heterocycles. The zero-order valence-corrected chi connectivity index (χ0v) is 16.7. The summed E-state index contributed by atoms with van der Waals surface area (Å²) in [6.07, 6.45) is 3.22. The standard InChI is InChI=1S/C21H29N3OS/c1-3-22(4-2)16-21(25)24-12-10-23(11-13-24)20-9-5-7-18(15-20)19-8-6-14-26-17-19/h5-7,9,14-15,17H,3-4,8,10-13,16H2,1-2H3. The van der Waals surface area contributed by atoms with E-state index in [-0.39, 0.29) is 5.91 Å². The van der Waals surface area contributed by atoms with Gasteiger partial charge in [0.1, 0.15) is 0 Å². The average Bonchev–Trinajstić information content (AvgIpc) is 2.72. The molecule has 3 rings (SSSR count). The van der Waals surface area contributed by atoms with Crippen LogP contribution in [0.3, 0.4) is 0 Å². The summed E-state index contributed by atoms with van der Waals surface area (Å²) in [4.78, 5) is 19.1. The number of thioether (sulfide) groups is 1. The van der Waals surface area contributed by atoms with E-state index in [0.29, 0.717) is 6.54 Å². The van der Waals surface area contributed by atoms with Crippen LogP contribution >= 0.6 is 11.8 Å². The third kappa shape index (κ3) is 4.71. The van der Waals surface area contributed by atoms with Crippen LogP contribution in [0.25, 0.3) is 5.57 Å². The second kappa shape index (κ2) is 9.28. The van der Waals surface area contributed by atoms with Gasteiger partial charge in [0.2, 0.25) is 5.91 Å². The Morgan fingerprint density at radius 2 is 1.92 bits per heavy atom. The third-order valence-electron chi connectivity index (χ3n) is 5.19. The monoisotopic (exact) mass is 371 g/mol. The molecule has 1 aromatic carbocycles. The molecule has 0 N–H and O–H groups in total. The highest BCUT2D eigenvalue weighted by atomic mass is 32.2. The lowest BCUT2D eigenvalue weighted by Crippen LogP contribution is -2.51. The molecule has 5 heteroatoms. The fourth-order valence-corrected chi connectivity index (χ4v) is 4.12. The van der Waals surface area contributed by atoms with Gasteiger partial charge in [-0.2, -0.15) is 0 Å². The van der Waals surface area contributed by atoms with Gasteiger partial charge >= 0.3 is 0 Å². The molecule has 0 aromatic heterocycles. The number of hydrogen-bond acceptors (Lipinski definition) is 4. The molecule has 2 aliphatic heterocycles. The van der Waals surface area contributed by atoms with E-state index in [1.165, 1.54) is 16.8 Å². The van der Waals surface area contributed by atoms with Crippen molar-refractivity contribution in [3.8, 4) is 0 Å². The molecule has 0 unspecified atom stereocenters. The fourth-order valence-electron chi connectivity index (χ4n) is 3.44. The molecule has 0 spiro atoms. The van der Waals surface area contributed by atoms with Crippen molar-refractivity contribution in [3.63, 3.8) is 0 Å². The molecule has 4 nitrogen and oxygen atoms in total. The Bertz CT molecular complexity index is 674. The van der Waals surface area contributed by atoms with E-state index in [1.807, 2.05) is 4.90 Å². The fraction of sp³-hybridized carbons (Fsp3) is 0.476. The van der Waals surface area contributed by atoms with Crippen molar-refractivity contribution < 1.29 is 4.79 Å². The number of carbonyl (C=O) groups is 1. The lowest BCUT2D eigenvalue weighted by molar-refractivity contribution is -0.132. The summed E-state index contributed by atoms with van der Waals surface area (Å²) >= 11 is 1.75. The minimum atomic E-state index is 0.262. The zero-order chi connectivity index (χ0) is 18.4. The summed E-state index contributed by atoms with van der Waals surface area (Å²) in [7, 11) is 0. The summed E-state index contributed by atoms with van der Waals surface area (Å²) in [6, 6.07) is 8.81. The number of likely N-dealkylation sites (N-methyl/N-ethyl adjacent to an activating group) is 1. The maximum absolute atomic E-state index is 12.5. The van der Waals surface area contributed by atoms with Crippen molar-refractivity contribution >= 4 is 28.9 Å². The van der Waals surface area contributed by atoms with Crippen LogP contribution in [0.1, 0.15) is 25.8 Å². The largest absolute Gasteiger partial charge is 0.368 e. The summed E-state index contributed by atoms with van der Waals surface area (Å²) in [5.41, 5.74) is 3.95. The maximum atomic E-state index is 12.5. The van der Waals surface area contributed by atoms with Crippen molar-refractivity contribution in [3.05, 3.63) is 46.7 Å². The average molecular weight is 372 g/mol. The van der Waals surface area contributed by atoms with E-state index in [2.05, 4.69) is 64.8 Å². The number of allylic oxidation sites excluding steroid dienone is 2. The summed E-state index contributed by atoms with van der Waals surface area (Å²) in [5.74, 6) is 0.262. The Labute approximate surface area is 161 Å². The van der Waals surface area contributed by atoms with Crippen molar-refractivity contribution in [2.24, 2.45) is 0 Å². The normalized spacial score (nSPS) is 17.6. The van der Waals surface area contributed by atoms with E-state index >= 15 is 0 Å². The quantitative estimate of drug-likeness (QED) is 0.762. The Morgan fingerprint density at radius 3 is 2.58 bits per heavy atom. The van der Waals surface area contributed by atoms with Gasteiger partial charge < -0.3 is 9.80 Å². The van der Waals surface area contributed by atoms with Crippen LogP contribution in [0.2, 0.25) is 0 Å². The smallest absolute Gasteiger partial charge is 0.236 e. The van der Waals surface area contributed by atoms with Crippen molar-refractivity contribution in [1.82, 2.24) is 9.80 Å². The number of hydrogen-bond donors (Lipinski definition) is 0. The number of piperazine rings is 1. The Morgan fingerprint density at radius 1 is 1.15 bits per heavy atom. The van der Waals surface area contributed by atoms with Crippen molar-refractivity contribution in [1.29, 1.82) is 0 Å². The molecule has 1 fully saturated rings. The molecule has 1 amide bonds. The van der Waals surface area contributed by atoms with E-state index in [0.717, 1.165) is 45.7 Å². The molecule has 0 atom stereocenters. The highest BCUT2D eigenvalue weighted by Gasteiger charge is 2.22. The molecule has 140 valence electrons. The SMILES string of the molecule is CCN(CC)CC(=O)N1CCN(c2cccc(C3=CSC=CC3)c2)CC1. The summed E-state index contributed by atoms with van der Waals surface area (Å²) in [5, 5.41) is 4.38. The number of anilines is 1. The predicted molar refractivity (Wildman–Crippen MR) is 112 cm³/mol. The predicted octanol–water partition coefficient (Wildman–Crippen LogP) is 3.67. The van der Waals surface area contributed by atoms with E-state index in [4.69, 9.17) is 0 Å². The minimum absolute atomic E-state index is 0.262. The Kier molecular flexibility index (Phi) is 6.80. The number of nitrogens with zero attached hydrogens (tertiary/aromatic N) is 3. The van der Waals surface area contributed by atoms with Gasteiger partial charge in [-0.05, 0) is 53.6 Å². The summed E-state index contributed by atoms with van der Waals surface area (Å²) < 4.78 is 0. The minimum Gasteiger partial charge on any atom is -0.368 e. The van der Waals surface area contributed by atoms with Gasteiger partial charge in [-0.25, -0.2) is 0 Å². The van der Waals surface area contributed by atoms with Crippen LogP contribution in [0.5, 0.6) is 0 Å². The van der Waals surface area contributed by atoms with Crippen LogP contribution in [0, 0.1) is 0 Å². The molecule has 0 aliphatic carbocycles. The molecule has 2 aliphatic rings. The Hall–Kier alpha value is -1.72. The second-order valence-electron chi connectivity index (χ2n) is 6.73. The van der Waals surface area contributed by atoms with Crippen LogP contribution in [0.4, 0.5) is 5.69 Å². The van der Waals surface area contributed by atoms with Gasteiger partial charge in [0, 0.05) is 31.9 Å². The van der Waals surface area contributed by atoms with Gasteiger partial charge in [0.05, 0.1) is 6.54 Å². The molecule has 1 aromatic rings. The van der Waals surface area contributed by atoms with Gasteiger partial charge in [0.25, 0.3) is 0 Å². The molecule has 1 saturated heterocycles. The highest BCUT2D eigenvalue weighted by molar-refractivity contribution is 8.05. The molecule has 0 radical (unpaired) electrons. The third-order valence-corrected chi connectivity index (χ3v) is 5.96. The van der Waals surface area contributed by atoms with Gasteiger partial charge in [-0.15, -0.1) is 11.8 Å². The number of benzene rings is 1. The van der Waals surface area contributed by atoms with Crippen molar-refractivity contribution in [2.45, 2.75) is 20.3 Å². The number of rotatable bonds is 6. The lowest BCUT2D eigenvalue weighted by atomic mass is 10.0. The molecule has 0 bridgehead atoms. The van der Waals surface area contributed by atoms with E-state index in [1.54, 1.807) is 11.8 Å². The zero-order valence-electron chi connectivity index (χ0n) is 15.9. The maximum Gasteiger partial charge on any atom is 0.236 e. The first kappa shape index (κ1) is 19.1. The first-order chi connectivity index (χ1) is 12.7. The van der Waals surface area contributed by atoms with Gasteiger partial charge in [0.15, 0.2) is 0 Å². The molecular formula is C21H29N3OS.